The summed E-state index contributed by atoms with van der Waals surface area (Å²) in [6, 6.07) is 15.2. The van der Waals surface area contributed by atoms with Crippen molar-refractivity contribution in [1.29, 1.82) is 10.5 Å². The van der Waals surface area contributed by atoms with Gasteiger partial charge in [0.2, 0.25) is 20.0 Å². The zero-order valence-electron chi connectivity index (χ0n) is 24.3. The second kappa shape index (κ2) is 15.9. The van der Waals surface area contributed by atoms with Crippen LogP contribution in [0, 0.1) is 22.7 Å². The molecule has 43 heavy (non-hydrogen) atoms. The Morgan fingerprint density at radius 2 is 1.44 bits per heavy atom. The van der Waals surface area contributed by atoms with Gasteiger partial charge >= 0.3 is 6.09 Å². The fourth-order valence-corrected chi connectivity index (χ4v) is 6.77. The van der Waals surface area contributed by atoms with Crippen LogP contribution in [0.5, 0.6) is 0 Å². The first-order valence-electron chi connectivity index (χ1n) is 13.3. The zero-order chi connectivity index (χ0) is 32.3. The minimum absolute atomic E-state index is 0.0391. The van der Waals surface area contributed by atoms with E-state index in [1.807, 2.05) is 12.1 Å². The van der Waals surface area contributed by atoms with Crippen LogP contribution in [0.3, 0.4) is 0 Å². The third kappa shape index (κ3) is 11.3. The Morgan fingerprint density at radius 3 is 1.88 bits per heavy atom. The summed E-state index contributed by atoms with van der Waals surface area (Å²) in [5, 5.41) is 20.7. The van der Waals surface area contributed by atoms with E-state index in [1.165, 1.54) is 35.2 Å². The standard InChI is InChI=1S/C16H21N3O4S.C11H13N3O2S.B2/c1-16(2,3)23-15(20)19-8-7-13(11-19)18-24(21,22)14-6-4-5-12(9-14)10-17;12-7-9-2-1-3-11(6-9)17(15,16)14-10-4-5-13-8-10;1-2/h4-6,9,13,18H,7-8,11H2,1-3H3;1-3,6,10,13-14H,4-5,8H2;/t13-;10-;/m11./s1. The molecule has 0 bridgehead atoms. The van der Waals surface area contributed by atoms with Crippen molar-refractivity contribution in [3.8, 4) is 12.1 Å². The van der Waals surface area contributed by atoms with E-state index in [1.54, 1.807) is 39.0 Å². The summed E-state index contributed by atoms with van der Waals surface area (Å²) in [6.45, 7) is 7.51. The molecule has 2 atom stereocenters. The van der Waals surface area contributed by atoms with Crippen LogP contribution < -0.4 is 14.8 Å². The van der Waals surface area contributed by atoms with Gasteiger partial charge in [0.15, 0.2) is 0 Å². The summed E-state index contributed by atoms with van der Waals surface area (Å²) < 4.78 is 59.3. The summed E-state index contributed by atoms with van der Waals surface area (Å²) in [6.07, 6.45) is 0.851. The van der Waals surface area contributed by atoms with Gasteiger partial charge in [-0.2, -0.15) is 10.5 Å². The predicted octanol–water partition coefficient (Wildman–Crippen LogP) is 1.28. The third-order valence-electron chi connectivity index (χ3n) is 6.09. The predicted molar refractivity (Wildman–Crippen MR) is 162 cm³/mol. The molecule has 226 valence electrons. The number of hydrogen-bond donors (Lipinski definition) is 3. The molecule has 0 spiro atoms. The fraction of sp³-hybridized carbons (Fsp3) is 0.444. The number of benzene rings is 2. The Morgan fingerprint density at radius 1 is 0.930 bits per heavy atom. The number of nitrogens with zero attached hydrogens (tertiary/aromatic N) is 3. The first kappa shape index (κ1) is 35.8. The number of nitriles is 2. The highest BCUT2D eigenvalue weighted by atomic mass is 32.2. The molecule has 16 heteroatoms. The number of nitrogens with one attached hydrogen (secondary N) is 3. The maximum absolute atomic E-state index is 12.4. The molecule has 2 fully saturated rings. The Bertz CT molecular complexity index is 1550. The van der Waals surface area contributed by atoms with Crippen LogP contribution in [0.25, 0.3) is 0 Å². The normalized spacial score (nSPS) is 18.2. The van der Waals surface area contributed by atoms with Crippen molar-refractivity contribution < 1.29 is 26.4 Å². The van der Waals surface area contributed by atoms with Crippen LogP contribution in [-0.2, 0) is 24.8 Å². The summed E-state index contributed by atoms with van der Waals surface area (Å²) >= 11 is 0. The number of likely N-dealkylation sites (tertiary alicyclic amines) is 1. The molecule has 4 rings (SSSR count). The molecule has 12 nitrogen and oxygen atoms in total. The van der Waals surface area contributed by atoms with E-state index >= 15 is 0 Å². The van der Waals surface area contributed by atoms with Crippen molar-refractivity contribution >= 4 is 41.6 Å². The molecule has 0 aliphatic carbocycles. The molecule has 3 N–H and O–H groups in total. The SMILES string of the molecule is CC(C)(C)OC(=O)N1CC[C@@H](NS(=O)(=O)c2cccc(C#N)c2)C1.N#Cc1cccc(S(=O)(=O)N[C@@H]2CCNC2)c1.[B][B]. The number of hydrogen-bond acceptors (Lipinski definition) is 9. The van der Waals surface area contributed by atoms with Crippen LogP contribution in [0.2, 0.25) is 0 Å². The van der Waals surface area contributed by atoms with Crippen LogP contribution >= 0.6 is 0 Å². The second-order valence-corrected chi connectivity index (χ2v) is 14.1. The molecule has 2 aromatic carbocycles. The minimum atomic E-state index is -3.74. The molecule has 1 amide bonds. The molecule has 4 radical (unpaired) electrons. The monoisotopic (exact) mass is 624 g/mol. The Labute approximate surface area is 256 Å². The lowest BCUT2D eigenvalue weighted by molar-refractivity contribution is 0.0292. The maximum Gasteiger partial charge on any atom is 0.410 e. The zero-order valence-corrected chi connectivity index (χ0v) is 25.9. The Kier molecular flexibility index (Phi) is 13.2. The van der Waals surface area contributed by atoms with Crippen molar-refractivity contribution in [2.24, 2.45) is 0 Å². The van der Waals surface area contributed by atoms with Gasteiger partial charge in [-0.1, -0.05) is 12.1 Å². The molecular formula is C27H34B2N6O6S2. The van der Waals surface area contributed by atoms with E-state index in [9.17, 15) is 21.6 Å². The molecule has 2 saturated heterocycles. The van der Waals surface area contributed by atoms with Gasteiger partial charge in [0.25, 0.3) is 0 Å². The molecular weight excluding hydrogens is 590 g/mol. The average molecular weight is 624 g/mol. The van der Waals surface area contributed by atoms with Gasteiger partial charge in [0.05, 0.1) is 33.1 Å². The molecule has 2 aliphatic heterocycles. The van der Waals surface area contributed by atoms with E-state index in [-0.39, 0.29) is 34.0 Å². The van der Waals surface area contributed by atoms with E-state index in [4.69, 9.17) is 15.3 Å². The van der Waals surface area contributed by atoms with E-state index in [2.05, 4.69) is 30.2 Å². The highest BCUT2D eigenvalue weighted by Crippen LogP contribution is 2.18. The van der Waals surface area contributed by atoms with Crippen LogP contribution in [0.4, 0.5) is 4.79 Å². The summed E-state index contributed by atoms with van der Waals surface area (Å²) in [4.78, 5) is 13.7. The maximum atomic E-state index is 12.4. The van der Waals surface area contributed by atoms with E-state index in [0.29, 0.717) is 25.1 Å². The van der Waals surface area contributed by atoms with Gasteiger partial charge < -0.3 is 15.0 Å². The molecule has 0 unspecified atom stereocenters. The lowest BCUT2D eigenvalue weighted by Gasteiger charge is -2.24. The van der Waals surface area contributed by atoms with Crippen molar-refractivity contribution in [2.45, 2.75) is 61.1 Å². The first-order valence-corrected chi connectivity index (χ1v) is 16.3. The molecule has 2 aromatic rings. The van der Waals surface area contributed by atoms with Crippen LogP contribution in [0.15, 0.2) is 58.3 Å². The van der Waals surface area contributed by atoms with Crippen molar-refractivity contribution in [3.63, 3.8) is 0 Å². The van der Waals surface area contributed by atoms with Crippen molar-refractivity contribution in [3.05, 3.63) is 59.7 Å². The number of carbonyl (C=O) groups excluding carboxylic acids is 1. The van der Waals surface area contributed by atoms with Crippen molar-refractivity contribution in [1.82, 2.24) is 19.7 Å². The molecule has 2 heterocycles. The van der Waals surface area contributed by atoms with Gasteiger partial charge in [-0.05, 0) is 76.6 Å². The molecule has 0 saturated carbocycles. The number of carbonyl (C=O) groups is 1. The highest BCUT2D eigenvalue weighted by molar-refractivity contribution is 7.89. The number of ether oxygens (including phenoxy) is 1. The van der Waals surface area contributed by atoms with Gasteiger partial charge in [0, 0.05) is 47.2 Å². The van der Waals surface area contributed by atoms with Crippen LogP contribution in [0.1, 0.15) is 44.7 Å². The van der Waals surface area contributed by atoms with Gasteiger partial charge in [-0.15, -0.1) is 0 Å². The van der Waals surface area contributed by atoms with Gasteiger partial charge in [0.1, 0.15) is 5.60 Å². The third-order valence-corrected chi connectivity index (χ3v) is 9.13. The van der Waals surface area contributed by atoms with E-state index in [0.717, 1.165) is 13.0 Å². The lowest BCUT2D eigenvalue weighted by atomic mass is 9.81. The summed E-state index contributed by atoms with van der Waals surface area (Å²) in [5.41, 5.74) is 0.0315. The highest BCUT2D eigenvalue weighted by Gasteiger charge is 2.32. The second-order valence-electron chi connectivity index (χ2n) is 10.6. The summed E-state index contributed by atoms with van der Waals surface area (Å²) in [7, 11) is 0.742. The number of amides is 1. The largest absolute Gasteiger partial charge is 0.444 e. The van der Waals surface area contributed by atoms with Gasteiger partial charge in [-0.3, -0.25) is 0 Å². The smallest absolute Gasteiger partial charge is 0.410 e. The quantitative estimate of drug-likeness (QED) is 0.399. The Balaban J connectivity index is 0.000000298. The number of rotatable bonds is 6. The topological polar surface area (TPSA) is 181 Å². The summed E-state index contributed by atoms with van der Waals surface area (Å²) in [5.74, 6) is 0. The first-order chi connectivity index (χ1) is 20.2. The average Bonchev–Trinajstić information content (AvgIpc) is 3.65. The van der Waals surface area contributed by atoms with Gasteiger partial charge in [-0.25, -0.2) is 31.1 Å². The lowest BCUT2D eigenvalue weighted by Crippen LogP contribution is -2.40. The van der Waals surface area contributed by atoms with Crippen LogP contribution in [-0.4, -0.2) is 87.2 Å². The minimum Gasteiger partial charge on any atom is -0.444 e. The number of sulfonamides is 2. The molecule has 0 aromatic heterocycles. The molecule has 2 aliphatic rings. The van der Waals surface area contributed by atoms with Crippen molar-refractivity contribution in [2.75, 3.05) is 26.2 Å². The Hall–Kier alpha value is -3.40. The fourth-order valence-electron chi connectivity index (χ4n) is 4.14. The van der Waals surface area contributed by atoms with E-state index < -0.39 is 31.7 Å².